The zero-order chi connectivity index (χ0) is 21.3. The van der Waals surface area contributed by atoms with Crippen molar-refractivity contribution in [1.82, 2.24) is 0 Å². The third kappa shape index (κ3) is 4.41. The van der Waals surface area contributed by atoms with Gasteiger partial charge in [-0.1, -0.05) is 6.07 Å². The lowest BCUT2D eigenvalue weighted by molar-refractivity contribution is 0.162. The third-order valence-electron chi connectivity index (χ3n) is 7.41. The van der Waals surface area contributed by atoms with Gasteiger partial charge in [-0.2, -0.15) is 0 Å². The van der Waals surface area contributed by atoms with Crippen LogP contribution < -0.4 is 5.73 Å². The summed E-state index contributed by atoms with van der Waals surface area (Å²) in [4.78, 5) is 0. The molecule has 2 aliphatic carbocycles. The normalized spacial score (nSPS) is 27.2. The number of hydrogen-bond acceptors (Lipinski definition) is 1. The van der Waals surface area contributed by atoms with E-state index in [2.05, 4.69) is 0 Å². The molecule has 4 rings (SSSR count). The second-order valence-electron chi connectivity index (χ2n) is 9.12. The topological polar surface area (TPSA) is 26.0 Å². The summed E-state index contributed by atoms with van der Waals surface area (Å²) in [6, 6.07) is 5.67. The lowest BCUT2D eigenvalue weighted by Crippen LogP contribution is -2.27. The molecule has 2 fully saturated rings. The molecule has 0 atom stereocenters. The zero-order valence-corrected chi connectivity index (χ0v) is 17.1. The Morgan fingerprint density at radius 1 is 0.667 bits per heavy atom. The van der Waals surface area contributed by atoms with E-state index in [0.29, 0.717) is 17.4 Å². The zero-order valence-electron chi connectivity index (χ0n) is 17.1. The molecule has 5 heteroatoms. The van der Waals surface area contributed by atoms with Gasteiger partial charge >= 0.3 is 0 Å². The number of rotatable bonds is 4. The highest BCUT2D eigenvalue weighted by molar-refractivity contribution is 5.65. The second-order valence-corrected chi connectivity index (χ2v) is 9.12. The minimum absolute atomic E-state index is 0.00670. The molecule has 0 unspecified atom stereocenters. The van der Waals surface area contributed by atoms with Crippen LogP contribution in [-0.4, -0.2) is 6.54 Å². The van der Waals surface area contributed by atoms with E-state index in [-0.39, 0.29) is 17.0 Å². The Bertz CT molecular complexity index is 858. The molecule has 2 N–H and O–H groups in total. The molecule has 0 radical (unpaired) electrons. The van der Waals surface area contributed by atoms with E-state index in [9.17, 15) is 17.6 Å². The summed E-state index contributed by atoms with van der Waals surface area (Å²) in [6.07, 6.45) is 9.02. The Balaban J connectivity index is 1.44. The van der Waals surface area contributed by atoms with Gasteiger partial charge in [-0.15, -0.1) is 0 Å². The first kappa shape index (κ1) is 21.4. The Morgan fingerprint density at radius 2 is 1.23 bits per heavy atom. The summed E-state index contributed by atoms with van der Waals surface area (Å²) in [6.45, 7) is 0.789. The highest BCUT2D eigenvalue weighted by Crippen LogP contribution is 2.44. The van der Waals surface area contributed by atoms with Crippen molar-refractivity contribution in [2.75, 3.05) is 6.54 Å². The van der Waals surface area contributed by atoms with Gasteiger partial charge in [0.25, 0.3) is 0 Å². The molecule has 0 amide bonds. The summed E-state index contributed by atoms with van der Waals surface area (Å²) in [5.41, 5.74) is 6.17. The fourth-order valence-electron chi connectivity index (χ4n) is 5.58. The van der Waals surface area contributed by atoms with Gasteiger partial charge in [0.1, 0.15) is 11.6 Å². The van der Waals surface area contributed by atoms with Crippen LogP contribution in [0.5, 0.6) is 0 Å². The predicted molar refractivity (Wildman–Crippen MR) is 111 cm³/mol. The van der Waals surface area contributed by atoms with Gasteiger partial charge < -0.3 is 5.73 Å². The SMILES string of the molecule is NCC1CCC(C2CCC(c3cc(F)c(-c4ccc(F)c(F)c4)c(F)c3)CC2)CC1. The van der Waals surface area contributed by atoms with Crippen molar-refractivity contribution < 1.29 is 17.6 Å². The Kier molecular flexibility index (Phi) is 6.47. The smallest absolute Gasteiger partial charge is 0.159 e. The Hall–Kier alpha value is -1.88. The molecule has 0 spiro atoms. The monoisotopic (exact) mass is 419 g/mol. The van der Waals surface area contributed by atoms with E-state index in [1.54, 1.807) is 0 Å². The van der Waals surface area contributed by atoms with E-state index < -0.39 is 23.3 Å². The van der Waals surface area contributed by atoms with Gasteiger partial charge in [-0.25, -0.2) is 17.6 Å². The van der Waals surface area contributed by atoms with Crippen LogP contribution in [0.25, 0.3) is 11.1 Å². The summed E-state index contributed by atoms with van der Waals surface area (Å²) in [5.74, 6) is -1.31. The number of benzene rings is 2. The maximum atomic E-state index is 14.8. The van der Waals surface area contributed by atoms with E-state index in [1.807, 2.05) is 0 Å². The first-order chi connectivity index (χ1) is 14.5. The molecule has 2 aliphatic rings. The third-order valence-corrected chi connectivity index (χ3v) is 7.41. The highest BCUT2D eigenvalue weighted by Gasteiger charge is 2.31. The molecule has 2 aromatic carbocycles. The summed E-state index contributed by atoms with van der Waals surface area (Å²) in [5, 5.41) is 0. The maximum absolute atomic E-state index is 14.8. The molecule has 30 heavy (non-hydrogen) atoms. The molecule has 162 valence electrons. The molecule has 2 aromatic rings. The average molecular weight is 420 g/mol. The standard InChI is InChI=1S/C25H29F4N/c26-21-10-9-19(11-22(21)27)25-23(28)12-20(13-24(25)29)18-7-5-17(6-8-18)16-3-1-15(14-30)2-4-16/h9-13,15-18H,1-8,14,30H2. The summed E-state index contributed by atoms with van der Waals surface area (Å²) in [7, 11) is 0. The fraction of sp³-hybridized carbons (Fsp3) is 0.520. The van der Waals surface area contributed by atoms with Crippen molar-refractivity contribution in [1.29, 1.82) is 0 Å². The molecule has 2 saturated carbocycles. The average Bonchev–Trinajstić information content (AvgIpc) is 2.76. The van der Waals surface area contributed by atoms with Gasteiger partial charge in [0.05, 0.1) is 5.56 Å². The molecule has 0 saturated heterocycles. The van der Waals surface area contributed by atoms with Gasteiger partial charge in [0.15, 0.2) is 11.6 Å². The minimum Gasteiger partial charge on any atom is -0.330 e. The Labute approximate surface area is 175 Å². The largest absolute Gasteiger partial charge is 0.330 e. The van der Waals surface area contributed by atoms with Crippen LogP contribution in [0, 0.1) is 41.0 Å². The lowest BCUT2D eigenvalue weighted by atomic mass is 9.68. The van der Waals surface area contributed by atoms with Gasteiger partial charge in [0, 0.05) is 0 Å². The maximum Gasteiger partial charge on any atom is 0.159 e. The van der Waals surface area contributed by atoms with E-state index in [0.717, 1.165) is 50.3 Å². The molecule has 0 bridgehead atoms. The van der Waals surface area contributed by atoms with Gasteiger partial charge in [0.2, 0.25) is 0 Å². The van der Waals surface area contributed by atoms with E-state index in [1.165, 1.54) is 43.9 Å². The second kappa shape index (κ2) is 9.09. The van der Waals surface area contributed by atoms with Crippen LogP contribution in [0.4, 0.5) is 17.6 Å². The van der Waals surface area contributed by atoms with Gasteiger partial charge in [-0.05, 0) is 117 Å². The van der Waals surface area contributed by atoms with Crippen LogP contribution in [0.15, 0.2) is 30.3 Å². The van der Waals surface area contributed by atoms with Crippen LogP contribution in [0.3, 0.4) is 0 Å². The number of nitrogens with two attached hydrogens (primary N) is 1. The first-order valence-electron chi connectivity index (χ1n) is 11.1. The molecular weight excluding hydrogens is 390 g/mol. The van der Waals surface area contributed by atoms with Crippen LogP contribution in [0.2, 0.25) is 0 Å². The summed E-state index contributed by atoms with van der Waals surface area (Å²) < 4.78 is 56.2. The number of hydrogen-bond donors (Lipinski definition) is 1. The first-order valence-corrected chi connectivity index (χ1v) is 11.1. The van der Waals surface area contributed by atoms with Crippen LogP contribution >= 0.6 is 0 Å². The molecule has 0 aliphatic heterocycles. The number of halogens is 4. The van der Waals surface area contributed by atoms with Crippen molar-refractivity contribution in [2.45, 2.75) is 57.3 Å². The fourth-order valence-corrected chi connectivity index (χ4v) is 5.58. The molecular formula is C25H29F4N. The molecule has 0 aromatic heterocycles. The molecule has 0 heterocycles. The Morgan fingerprint density at radius 3 is 1.77 bits per heavy atom. The molecule has 1 nitrogen and oxygen atoms in total. The van der Waals surface area contributed by atoms with E-state index >= 15 is 0 Å². The van der Waals surface area contributed by atoms with Crippen molar-refractivity contribution in [3.63, 3.8) is 0 Å². The summed E-state index contributed by atoms with van der Waals surface area (Å²) >= 11 is 0. The van der Waals surface area contributed by atoms with Crippen molar-refractivity contribution in [3.8, 4) is 11.1 Å². The van der Waals surface area contributed by atoms with Crippen LogP contribution in [-0.2, 0) is 0 Å². The van der Waals surface area contributed by atoms with Crippen molar-refractivity contribution in [3.05, 3.63) is 59.2 Å². The van der Waals surface area contributed by atoms with E-state index in [4.69, 9.17) is 5.73 Å². The minimum atomic E-state index is -1.12. The van der Waals surface area contributed by atoms with Crippen molar-refractivity contribution in [2.24, 2.45) is 23.5 Å². The van der Waals surface area contributed by atoms with Gasteiger partial charge in [-0.3, -0.25) is 0 Å². The quantitative estimate of drug-likeness (QED) is 0.533. The highest BCUT2D eigenvalue weighted by atomic mass is 19.2. The predicted octanol–water partition coefficient (Wildman–Crippen LogP) is 6.95. The van der Waals surface area contributed by atoms with Crippen LogP contribution in [0.1, 0.15) is 62.8 Å². The van der Waals surface area contributed by atoms with Crippen molar-refractivity contribution >= 4 is 0 Å². The lowest BCUT2D eigenvalue weighted by Gasteiger charge is -2.37.